The monoisotopic (exact) mass is 417 g/mol. The van der Waals surface area contributed by atoms with E-state index in [0.717, 1.165) is 51.3 Å². The van der Waals surface area contributed by atoms with E-state index in [9.17, 15) is 0 Å². The van der Waals surface area contributed by atoms with E-state index in [1.165, 1.54) is 29.5 Å². The summed E-state index contributed by atoms with van der Waals surface area (Å²) >= 11 is 0. The van der Waals surface area contributed by atoms with Crippen molar-refractivity contribution in [1.29, 1.82) is 0 Å². The van der Waals surface area contributed by atoms with Crippen LogP contribution >= 0.6 is 0 Å². The maximum atomic E-state index is 6.53. The normalized spacial score (nSPS) is 24.5. The summed E-state index contributed by atoms with van der Waals surface area (Å²) in [6.45, 7) is 4.42. The number of H-pyrrole nitrogens is 1. The molecule has 1 aliphatic heterocycles. The predicted molar refractivity (Wildman–Crippen MR) is 121 cm³/mol. The molecule has 5 rings (SSSR count). The summed E-state index contributed by atoms with van der Waals surface area (Å²) < 4.78 is 6.53. The van der Waals surface area contributed by atoms with Crippen LogP contribution in [0.4, 0.5) is 0 Å². The highest BCUT2D eigenvalue weighted by Crippen LogP contribution is 2.36. The Labute approximate surface area is 184 Å². The Morgan fingerprint density at radius 1 is 1.13 bits per heavy atom. The van der Waals surface area contributed by atoms with Gasteiger partial charge in [0.1, 0.15) is 0 Å². The molecule has 0 unspecified atom stereocenters. The summed E-state index contributed by atoms with van der Waals surface area (Å²) in [5.41, 5.74) is 4.67. The lowest BCUT2D eigenvalue weighted by atomic mass is 9.78. The molecule has 0 amide bonds. The van der Waals surface area contributed by atoms with E-state index in [4.69, 9.17) is 4.74 Å². The smallest absolute Gasteiger partial charge is 0.0961 e. The summed E-state index contributed by atoms with van der Waals surface area (Å²) in [6.07, 6.45) is 10.5. The van der Waals surface area contributed by atoms with Crippen LogP contribution in [0.3, 0.4) is 0 Å². The van der Waals surface area contributed by atoms with Crippen LogP contribution in [0.1, 0.15) is 36.8 Å². The van der Waals surface area contributed by atoms with Gasteiger partial charge in [-0.2, -0.15) is 5.10 Å². The molecule has 6 nitrogen and oxygen atoms in total. The summed E-state index contributed by atoms with van der Waals surface area (Å²) in [4.78, 5) is 6.80. The molecule has 1 saturated carbocycles. The van der Waals surface area contributed by atoms with Gasteiger partial charge in [0.05, 0.1) is 24.1 Å². The lowest BCUT2D eigenvalue weighted by Crippen LogP contribution is -2.63. The molecule has 1 aliphatic carbocycles. The molecule has 6 heteroatoms. The molecule has 2 aliphatic rings. The first kappa shape index (κ1) is 20.4. The first-order valence-electron chi connectivity index (χ1n) is 11.4. The molecule has 1 spiro atoms. The zero-order valence-corrected chi connectivity index (χ0v) is 18.0. The van der Waals surface area contributed by atoms with Crippen molar-refractivity contribution in [3.63, 3.8) is 0 Å². The lowest BCUT2D eigenvalue weighted by molar-refractivity contribution is -0.145. The van der Waals surface area contributed by atoms with E-state index >= 15 is 0 Å². The summed E-state index contributed by atoms with van der Waals surface area (Å²) in [5.74, 6) is 0. The summed E-state index contributed by atoms with van der Waals surface area (Å²) in [5, 5.41) is 11.4. The average Bonchev–Trinajstić information content (AvgIpc) is 3.28. The maximum absolute atomic E-state index is 6.53. The van der Waals surface area contributed by atoms with Crippen LogP contribution in [0.5, 0.6) is 0 Å². The van der Waals surface area contributed by atoms with E-state index < -0.39 is 0 Å². The molecular weight excluding hydrogens is 386 g/mol. The number of rotatable bonds is 6. The Bertz CT molecular complexity index is 956. The third-order valence-electron chi connectivity index (χ3n) is 6.72. The van der Waals surface area contributed by atoms with Gasteiger partial charge in [0.25, 0.3) is 0 Å². The minimum atomic E-state index is -0.116. The van der Waals surface area contributed by atoms with Crippen LogP contribution < -0.4 is 5.32 Å². The standard InChI is InChI=1S/C25H31N5O/c1-2-8-21(9-3-1)24-22(17-28-29-24)18-30-13-14-31-25(19-30)11-5-4-10-23(25)27-16-20-7-6-12-26-15-20/h1-3,6-9,12,15,17,23,27H,4-5,10-11,13-14,16,18-19H2,(H,28,29)/t23-,25-/m1/s1. The van der Waals surface area contributed by atoms with Gasteiger partial charge in [-0.15, -0.1) is 0 Å². The molecule has 0 radical (unpaired) electrons. The van der Waals surface area contributed by atoms with Gasteiger partial charge in [-0.05, 0) is 30.0 Å². The number of ether oxygens (including phenoxy) is 1. The lowest BCUT2D eigenvalue weighted by Gasteiger charge is -2.50. The van der Waals surface area contributed by atoms with E-state index in [1.807, 2.05) is 30.7 Å². The third-order valence-corrected chi connectivity index (χ3v) is 6.72. The molecular formula is C25H31N5O. The van der Waals surface area contributed by atoms with Gasteiger partial charge in [0.15, 0.2) is 0 Å². The Hall–Kier alpha value is -2.54. The zero-order valence-electron chi connectivity index (χ0n) is 18.0. The van der Waals surface area contributed by atoms with Crippen LogP contribution in [0.25, 0.3) is 11.3 Å². The average molecular weight is 418 g/mol. The molecule has 162 valence electrons. The Morgan fingerprint density at radius 3 is 2.94 bits per heavy atom. The number of nitrogens with zero attached hydrogens (tertiary/aromatic N) is 3. The molecule has 1 aromatic carbocycles. The molecule has 2 atom stereocenters. The van der Waals surface area contributed by atoms with Gasteiger partial charge < -0.3 is 10.1 Å². The highest BCUT2D eigenvalue weighted by molar-refractivity contribution is 5.62. The van der Waals surface area contributed by atoms with Crippen LogP contribution in [-0.2, 0) is 17.8 Å². The van der Waals surface area contributed by atoms with Crippen LogP contribution in [0.15, 0.2) is 61.1 Å². The molecule has 2 N–H and O–H groups in total. The van der Waals surface area contributed by atoms with Gasteiger partial charge in [0.2, 0.25) is 0 Å². The number of pyridine rings is 1. The van der Waals surface area contributed by atoms with E-state index in [0.29, 0.717) is 6.04 Å². The molecule has 2 fully saturated rings. The fraction of sp³-hybridized carbons (Fsp3) is 0.440. The number of hydrogen-bond donors (Lipinski definition) is 2. The van der Waals surface area contributed by atoms with E-state index in [2.05, 4.69) is 55.7 Å². The molecule has 31 heavy (non-hydrogen) atoms. The number of nitrogens with one attached hydrogen (secondary N) is 2. The fourth-order valence-electron chi connectivity index (χ4n) is 5.15. The van der Waals surface area contributed by atoms with Crippen molar-refractivity contribution in [2.24, 2.45) is 0 Å². The largest absolute Gasteiger partial charge is 0.371 e. The van der Waals surface area contributed by atoms with Crippen molar-refractivity contribution in [2.75, 3.05) is 19.7 Å². The predicted octanol–water partition coefficient (Wildman–Crippen LogP) is 3.78. The highest BCUT2D eigenvalue weighted by atomic mass is 16.5. The van der Waals surface area contributed by atoms with Gasteiger partial charge in [-0.25, -0.2) is 0 Å². The second-order valence-electron chi connectivity index (χ2n) is 8.80. The first-order chi connectivity index (χ1) is 15.3. The number of hydrogen-bond acceptors (Lipinski definition) is 5. The topological polar surface area (TPSA) is 66.1 Å². The molecule has 3 aromatic rings. The van der Waals surface area contributed by atoms with Gasteiger partial charge in [-0.3, -0.25) is 15.0 Å². The van der Waals surface area contributed by atoms with Crippen molar-refractivity contribution in [3.05, 3.63) is 72.2 Å². The number of aromatic nitrogens is 3. The van der Waals surface area contributed by atoms with Crippen molar-refractivity contribution >= 4 is 0 Å². The van der Waals surface area contributed by atoms with E-state index in [1.54, 1.807) is 0 Å². The second-order valence-corrected chi connectivity index (χ2v) is 8.80. The SMILES string of the molecule is c1ccc(-c2[nH]ncc2CN2CCO[C@]3(CCCC[C@H]3NCc3cccnc3)C2)cc1. The van der Waals surface area contributed by atoms with Gasteiger partial charge >= 0.3 is 0 Å². The van der Waals surface area contributed by atoms with Crippen molar-refractivity contribution < 1.29 is 4.74 Å². The minimum Gasteiger partial charge on any atom is -0.371 e. The fourth-order valence-corrected chi connectivity index (χ4v) is 5.15. The third kappa shape index (κ3) is 4.56. The Kier molecular flexibility index (Phi) is 6.11. The summed E-state index contributed by atoms with van der Waals surface area (Å²) in [7, 11) is 0. The zero-order chi connectivity index (χ0) is 20.9. The van der Waals surface area contributed by atoms with Crippen LogP contribution in [0, 0.1) is 0 Å². The molecule has 3 heterocycles. The molecule has 0 bridgehead atoms. The van der Waals surface area contributed by atoms with E-state index in [-0.39, 0.29) is 5.60 Å². The van der Waals surface area contributed by atoms with Crippen LogP contribution in [0.2, 0.25) is 0 Å². The number of benzene rings is 1. The quantitative estimate of drug-likeness (QED) is 0.639. The Morgan fingerprint density at radius 2 is 2.06 bits per heavy atom. The van der Waals surface area contributed by atoms with Crippen molar-refractivity contribution in [1.82, 2.24) is 25.4 Å². The molecule has 1 saturated heterocycles. The van der Waals surface area contributed by atoms with Gasteiger partial charge in [0, 0.05) is 50.2 Å². The molecule has 2 aromatic heterocycles. The number of aromatic amines is 1. The Balaban J connectivity index is 1.29. The van der Waals surface area contributed by atoms with Crippen molar-refractivity contribution in [3.8, 4) is 11.3 Å². The van der Waals surface area contributed by atoms with Crippen molar-refractivity contribution in [2.45, 2.75) is 50.4 Å². The highest BCUT2D eigenvalue weighted by Gasteiger charge is 2.45. The van der Waals surface area contributed by atoms with Crippen LogP contribution in [-0.4, -0.2) is 51.4 Å². The summed E-state index contributed by atoms with van der Waals surface area (Å²) in [6, 6.07) is 15.0. The first-order valence-corrected chi connectivity index (χ1v) is 11.4. The number of morpholine rings is 1. The minimum absolute atomic E-state index is 0.116. The second kappa shape index (κ2) is 9.30. The maximum Gasteiger partial charge on any atom is 0.0961 e. The van der Waals surface area contributed by atoms with Gasteiger partial charge in [-0.1, -0.05) is 49.2 Å².